The van der Waals surface area contributed by atoms with E-state index in [4.69, 9.17) is 5.73 Å². The van der Waals surface area contributed by atoms with E-state index in [1.54, 1.807) is 11.4 Å². The minimum absolute atomic E-state index is 0.0217. The lowest BCUT2D eigenvalue weighted by molar-refractivity contribution is -0.120. The highest BCUT2D eigenvalue weighted by Crippen LogP contribution is 2.24. The Labute approximate surface area is 103 Å². The molecule has 1 aliphatic rings. The van der Waals surface area contributed by atoms with Crippen LogP contribution in [0.1, 0.15) is 23.2 Å². The summed E-state index contributed by atoms with van der Waals surface area (Å²) in [4.78, 5) is 23.0. The molecule has 1 atom stereocenters. The van der Waals surface area contributed by atoms with Gasteiger partial charge in [-0.15, -0.1) is 11.3 Å². The number of nitrogens with one attached hydrogen (secondary N) is 2. The first-order valence-corrected chi connectivity index (χ1v) is 6.45. The van der Waals surface area contributed by atoms with E-state index in [0.29, 0.717) is 17.1 Å². The Morgan fingerprint density at radius 1 is 1.53 bits per heavy atom. The van der Waals surface area contributed by atoms with Gasteiger partial charge < -0.3 is 16.4 Å². The molecule has 0 radical (unpaired) electrons. The molecule has 2 rings (SSSR count). The predicted octanol–water partition coefficient (Wildman–Crippen LogP) is 0.785. The lowest BCUT2D eigenvalue weighted by Crippen LogP contribution is -2.37. The molecule has 92 valence electrons. The highest BCUT2D eigenvalue weighted by atomic mass is 32.1. The van der Waals surface area contributed by atoms with Crippen LogP contribution in [0, 0.1) is 5.92 Å². The Morgan fingerprint density at radius 2 is 2.35 bits per heavy atom. The number of anilines is 1. The fourth-order valence-corrected chi connectivity index (χ4v) is 2.68. The van der Waals surface area contributed by atoms with Crippen molar-refractivity contribution in [2.75, 3.05) is 18.4 Å². The summed E-state index contributed by atoms with van der Waals surface area (Å²) in [7, 11) is 0. The lowest BCUT2D eigenvalue weighted by Gasteiger charge is -2.21. The average Bonchev–Trinajstić information content (AvgIpc) is 2.78. The quantitative estimate of drug-likeness (QED) is 0.744. The fourth-order valence-electron chi connectivity index (χ4n) is 1.89. The Hall–Kier alpha value is -1.40. The van der Waals surface area contributed by atoms with Crippen molar-refractivity contribution in [3.63, 3.8) is 0 Å². The van der Waals surface area contributed by atoms with Crippen LogP contribution in [0.3, 0.4) is 0 Å². The number of carbonyl (C=O) groups is 2. The van der Waals surface area contributed by atoms with E-state index in [2.05, 4.69) is 10.6 Å². The van der Waals surface area contributed by atoms with Crippen molar-refractivity contribution in [1.29, 1.82) is 0 Å². The predicted molar refractivity (Wildman–Crippen MR) is 67.1 cm³/mol. The number of rotatable bonds is 3. The fraction of sp³-hybridized carbons (Fsp3) is 0.455. The number of primary amides is 1. The Morgan fingerprint density at radius 3 is 3.00 bits per heavy atom. The van der Waals surface area contributed by atoms with Crippen molar-refractivity contribution in [3.05, 3.63) is 17.0 Å². The van der Waals surface area contributed by atoms with Crippen LogP contribution < -0.4 is 16.4 Å². The highest BCUT2D eigenvalue weighted by Gasteiger charge is 2.22. The molecule has 6 heteroatoms. The van der Waals surface area contributed by atoms with Gasteiger partial charge in [0.05, 0.1) is 11.5 Å². The third-order valence-electron chi connectivity index (χ3n) is 2.84. The molecule has 1 saturated heterocycles. The molecule has 0 unspecified atom stereocenters. The highest BCUT2D eigenvalue weighted by molar-refractivity contribution is 7.14. The van der Waals surface area contributed by atoms with E-state index in [9.17, 15) is 9.59 Å². The first-order valence-electron chi connectivity index (χ1n) is 5.57. The molecule has 17 heavy (non-hydrogen) atoms. The van der Waals surface area contributed by atoms with Gasteiger partial charge in [0.1, 0.15) is 5.00 Å². The van der Waals surface area contributed by atoms with E-state index in [1.165, 1.54) is 11.3 Å². The Balaban J connectivity index is 2.02. The van der Waals surface area contributed by atoms with Crippen molar-refractivity contribution in [2.45, 2.75) is 12.8 Å². The molecule has 0 aromatic carbocycles. The standard InChI is InChI=1S/C11H15N3O2S/c12-9(15)8-3-5-17-11(8)14-10(16)7-2-1-4-13-6-7/h3,5,7,13H,1-2,4,6H2,(H2,12,15)(H,14,16)/t7-/m1/s1. The van der Waals surface area contributed by atoms with Crippen LogP contribution in [-0.4, -0.2) is 24.9 Å². The van der Waals surface area contributed by atoms with Crippen LogP contribution in [0.25, 0.3) is 0 Å². The maximum absolute atomic E-state index is 11.9. The zero-order valence-corrected chi connectivity index (χ0v) is 10.2. The summed E-state index contributed by atoms with van der Waals surface area (Å²) < 4.78 is 0. The van der Waals surface area contributed by atoms with Crippen molar-refractivity contribution < 1.29 is 9.59 Å². The number of nitrogens with two attached hydrogens (primary N) is 1. The first-order chi connectivity index (χ1) is 8.18. The van der Waals surface area contributed by atoms with Crippen LogP contribution >= 0.6 is 11.3 Å². The molecule has 2 heterocycles. The van der Waals surface area contributed by atoms with E-state index >= 15 is 0 Å². The van der Waals surface area contributed by atoms with E-state index in [1.807, 2.05) is 0 Å². The summed E-state index contributed by atoms with van der Waals surface area (Å²) in [5.74, 6) is -0.572. The molecule has 5 nitrogen and oxygen atoms in total. The van der Waals surface area contributed by atoms with Crippen molar-refractivity contribution >= 4 is 28.2 Å². The molecule has 4 N–H and O–H groups in total. The van der Waals surface area contributed by atoms with Crippen LogP contribution in [0.15, 0.2) is 11.4 Å². The van der Waals surface area contributed by atoms with Gasteiger partial charge in [-0.25, -0.2) is 0 Å². The number of hydrogen-bond acceptors (Lipinski definition) is 4. The zero-order chi connectivity index (χ0) is 12.3. The first kappa shape index (κ1) is 12.1. The average molecular weight is 253 g/mol. The number of thiophene rings is 1. The summed E-state index contributed by atoms with van der Waals surface area (Å²) in [5.41, 5.74) is 5.60. The third kappa shape index (κ3) is 2.83. The monoisotopic (exact) mass is 253 g/mol. The van der Waals surface area contributed by atoms with Gasteiger partial charge in [-0.3, -0.25) is 9.59 Å². The second-order valence-electron chi connectivity index (χ2n) is 4.06. The summed E-state index contributed by atoms with van der Waals surface area (Å²) in [5, 5.41) is 8.26. The number of piperidine rings is 1. The van der Waals surface area contributed by atoms with Crippen molar-refractivity contribution in [3.8, 4) is 0 Å². The van der Waals surface area contributed by atoms with Gasteiger partial charge in [0.2, 0.25) is 5.91 Å². The smallest absolute Gasteiger partial charge is 0.251 e. The third-order valence-corrected chi connectivity index (χ3v) is 3.66. The summed E-state index contributed by atoms with van der Waals surface area (Å²) in [6.45, 7) is 1.67. The van der Waals surface area contributed by atoms with Gasteiger partial charge in [0.25, 0.3) is 5.91 Å². The minimum Gasteiger partial charge on any atom is -0.366 e. The molecule has 1 aliphatic heterocycles. The molecule has 0 aliphatic carbocycles. The van der Waals surface area contributed by atoms with E-state index in [-0.39, 0.29) is 11.8 Å². The molecule has 2 amide bonds. The topological polar surface area (TPSA) is 84.2 Å². The van der Waals surface area contributed by atoms with Crippen LogP contribution in [-0.2, 0) is 4.79 Å². The molecular weight excluding hydrogens is 238 g/mol. The summed E-state index contributed by atoms with van der Waals surface area (Å²) in [6.07, 6.45) is 1.89. The minimum atomic E-state index is -0.511. The maximum Gasteiger partial charge on any atom is 0.251 e. The Bertz CT molecular complexity index is 424. The van der Waals surface area contributed by atoms with E-state index < -0.39 is 5.91 Å². The van der Waals surface area contributed by atoms with Gasteiger partial charge in [-0.2, -0.15) is 0 Å². The van der Waals surface area contributed by atoms with Gasteiger partial charge in [-0.05, 0) is 30.8 Å². The lowest BCUT2D eigenvalue weighted by atomic mass is 9.99. The molecule has 0 saturated carbocycles. The van der Waals surface area contributed by atoms with Gasteiger partial charge in [0.15, 0.2) is 0 Å². The van der Waals surface area contributed by atoms with Gasteiger partial charge >= 0.3 is 0 Å². The van der Waals surface area contributed by atoms with Crippen molar-refractivity contribution in [2.24, 2.45) is 11.7 Å². The molecule has 1 aromatic rings. The number of hydrogen-bond donors (Lipinski definition) is 3. The van der Waals surface area contributed by atoms with Gasteiger partial charge in [-0.1, -0.05) is 0 Å². The molecule has 1 fully saturated rings. The SMILES string of the molecule is NC(=O)c1ccsc1NC(=O)[C@@H]1CCCNC1. The summed E-state index contributed by atoms with van der Waals surface area (Å²) in [6, 6.07) is 1.63. The molecular formula is C11H15N3O2S. The second-order valence-corrected chi connectivity index (χ2v) is 4.98. The van der Waals surface area contributed by atoms with Crippen LogP contribution in [0.4, 0.5) is 5.00 Å². The van der Waals surface area contributed by atoms with Crippen LogP contribution in [0.2, 0.25) is 0 Å². The van der Waals surface area contributed by atoms with E-state index in [0.717, 1.165) is 19.4 Å². The van der Waals surface area contributed by atoms with Gasteiger partial charge in [0, 0.05) is 6.54 Å². The maximum atomic E-state index is 11.9. The number of carbonyl (C=O) groups excluding carboxylic acids is 2. The molecule has 0 spiro atoms. The second kappa shape index (κ2) is 5.29. The Kier molecular flexibility index (Phi) is 3.75. The summed E-state index contributed by atoms with van der Waals surface area (Å²) >= 11 is 1.32. The molecule has 0 bridgehead atoms. The van der Waals surface area contributed by atoms with Crippen molar-refractivity contribution in [1.82, 2.24) is 5.32 Å². The number of amides is 2. The zero-order valence-electron chi connectivity index (χ0n) is 9.36. The normalized spacial score (nSPS) is 19.9. The largest absolute Gasteiger partial charge is 0.366 e. The van der Waals surface area contributed by atoms with Crippen LogP contribution in [0.5, 0.6) is 0 Å². The molecule has 1 aromatic heterocycles.